The fraction of sp³-hybridized carbons (Fsp3) is 0.0556. The van der Waals surface area contributed by atoms with Crippen molar-refractivity contribution < 1.29 is 9.53 Å². The number of halogens is 1. The van der Waals surface area contributed by atoms with Crippen molar-refractivity contribution in [1.82, 2.24) is 9.97 Å². The van der Waals surface area contributed by atoms with Crippen LogP contribution in [0.25, 0.3) is 0 Å². The molecule has 0 fully saturated rings. The highest BCUT2D eigenvalue weighted by molar-refractivity contribution is 9.10. The Kier molecular flexibility index (Phi) is 5.25. The predicted molar refractivity (Wildman–Crippen MR) is 100 cm³/mol. The van der Waals surface area contributed by atoms with E-state index in [2.05, 4.69) is 36.5 Å². The van der Waals surface area contributed by atoms with Crippen LogP contribution in [0.15, 0.2) is 65.3 Å². The van der Waals surface area contributed by atoms with Gasteiger partial charge in [-0.05, 0) is 42.5 Å². The maximum Gasteiger partial charge on any atom is 0.274 e. The van der Waals surface area contributed by atoms with Crippen molar-refractivity contribution in [1.29, 1.82) is 0 Å². The van der Waals surface area contributed by atoms with Crippen molar-refractivity contribution in [3.63, 3.8) is 0 Å². The molecule has 1 heterocycles. The molecule has 25 heavy (non-hydrogen) atoms. The number of methoxy groups -OCH3 is 1. The average Bonchev–Trinajstić information content (AvgIpc) is 2.64. The molecule has 3 rings (SSSR count). The molecule has 0 saturated carbocycles. The monoisotopic (exact) mass is 398 g/mol. The largest absolute Gasteiger partial charge is 0.497 e. The second kappa shape index (κ2) is 7.76. The lowest BCUT2D eigenvalue weighted by Gasteiger charge is -2.08. The second-order valence-electron chi connectivity index (χ2n) is 5.08. The van der Waals surface area contributed by atoms with E-state index in [0.717, 1.165) is 10.2 Å². The molecule has 0 radical (unpaired) electrons. The minimum Gasteiger partial charge on any atom is -0.497 e. The van der Waals surface area contributed by atoms with Crippen molar-refractivity contribution in [2.24, 2.45) is 0 Å². The van der Waals surface area contributed by atoms with Gasteiger partial charge in [0.25, 0.3) is 5.91 Å². The highest BCUT2D eigenvalue weighted by Gasteiger charge is 2.10. The van der Waals surface area contributed by atoms with E-state index >= 15 is 0 Å². The van der Waals surface area contributed by atoms with Gasteiger partial charge in [0.05, 0.1) is 7.11 Å². The molecule has 7 heteroatoms. The van der Waals surface area contributed by atoms with Crippen molar-refractivity contribution >= 4 is 39.2 Å². The number of carbonyl (C=O) groups excluding carboxylic acids is 1. The summed E-state index contributed by atoms with van der Waals surface area (Å²) in [6, 6.07) is 16.3. The highest BCUT2D eigenvalue weighted by Crippen LogP contribution is 2.19. The number of aromatic nitrogens is 2. The van der Waals surface area contributed by atoms with Crippen molar-refractivity contribution in [3.05, 3.63) is 71.0 Å². The molecule has 0 aliphatic carbocycles. The molecule has 0 spiro atoms. The summed E-state index contributed by atoms with van der Waals surface area (Å²) in [5.74, 6) is 0.688. The van der Waals surface area contributed by atoms with Gasteiger partial charge in [0.2, 0.25) is 5.95 Å². The summed E-state index contributed by atoms with van der Waals surface area (Å²) in [5, 5.41) is 5.85. The van der Waals surface area contributed by atoms with Crippen LogP contribution < -0.4 is 15.4 Å². The molecule has 1 amide bonds. The minimum absolute atomic E-state index is 0.262. The fourth-order valence-electron chi connectivity index (χ4n) is 2.10. The first-order valence-electron chi connectivity index (χ1n) is 7.45. The average molecular weight is 399 g/mol. The molecule has 0 aliphatic rings. The van der Waals surface area contributed by atoms with Crippen LogP contribution in [0.4, 0.5) is 17.3 Å². The summed E-state index contributed by atoms with van der Waals surface area (Å²) in [6.07, 6.45) is 1.54. The number of amides is 1. The lowest BCUT2D eigenvalue weighted by Crippen LogP contribution is -2.14. The van der Waals surface area contributed by atoms with Gasteiger partial charge in [-0.1, -0.05) is 22.0 Å². The third kappa shape index (κ3) is 4.54. The Morgan fingerprint density at radius 1 is 1.08 bits per heavy atom. The number of anilines is 3. The number of nitrogens with one attached hydrogen (secondary N) is 2. The number of rotatable bonds is 5. The van der Waals surface area contributed by atoms with E-state index in [1.807, 2.05) is 24.3 Å². The van der Waals surface area contributed by atoms with Crippen LogP contribution in [0.5, 0.6) is 5.75 Å². The third-order valence-corrected chi connectivity index (χ3v) is 3.84. The first-order valence-corrected chi connectivity index (χ1v) is 8.24. The summed E-state index contributed by atoms with van der Waals surface area (Å²) < 4.78 is 6.12. The summed E-state index contributed by atoms with van der Waals surface area (Å²) in [4.78, 5) is 20.8. The molecule has 1 aromatic heterocycles. The molecule has 0 saturated heterocycles. The van der Waals surface area contributed by atoms with Gasteiger partial charge in [0.15, 0.2) is 0 Å². The lowest BCUT2D eigenvalue weighted by molar-refractivity contribution is 0.102. The zero-order valence-electron chi connectivity index (χ0n) is 13.4. The Balaban J connectivity index is 1.73. The number of ether oxygens (including phenoxy) is 1. The molecule has 2 N–H and O–H groups in total. The standard InChI is InChI=1S/C18H15BrN4O2/c1-25-15-4-2-3-14(11-15)21-17(24)16-9-10-20-18(23-16)22-13-7-5-12(19)6-8-13/h2-11H,1H3,(H,21,24)(H,20,22,23). The van der Waals surface area contributed by atoms with Crippen LogP contribution in [0.2, 0.25) is 0 Å². The SMILES string of the molecule is COc1cccc(NC(=O)c2ccnc(Nc3ccc(Br)cc3)n2)c1. The maximum atomic E-state index is 12.4. The summed E-state index contributed by atoms with van der Waals surface area (Å²) in [6.45, 7) is 0. The normalized spacial score (nSPS) is 10.2. The van der Waals surface area contributed by atoms with Gasteiger partial charge in [-0.25, -0.2) is 9.97 Å². The third-order valence-electron chi connectivity index (χ3n) is 3.32. The van der Waals surface area contributed by atoms with E-state index < -0.39 is 0 Å². The summed E-state index contributed by atoms with van der Waals surface area (Å²) >= 11 is 3.38. The van der Waals surface area contributed by atoms with Gasteiger partial charge in [0.1, 0.15) is 11.4 Å². The van der Waals surface area contributed by atoms with Crippen LogP contribution >= 0.6 is 15.9 Å². The molecule has 3 aromatic rings. The predicted octanol–water partition coefficient (Wildman–Crippen LogP) is 4.24. The molecular weight excluding hydrogens is 384 g/mol. The highest BCUT2D eigenvalue weighted by atomic mass is 79.9. The summed E-state index contributed by atoms with van der Waals surface area (Å²) in [5.41, 5.74) is 1.72. The van der Waals surface area contributed by atoms with E-state index in [-0.39, 0.29) is 11.6 Å². The van der Waals surface area contributed by atoms with Crippen LogP contribution in [-0.4, -0.2) is 23.0 Å². The number of hydrogen-bond acceptors (Lipinski definition) is 5. The van der Waals surface area contributed by atoms with E-state index in [0.29, 0.717) is 17.4 Å². The Morgan fingerprint density at radius 3 is 2.64 bits per heavy atom. The van der Waals surface area contributed by atoms with Gasteiger partial charge < -0.3 is 15.4 Å². The second-order valence-corrected chi connectivity index (χ2v) is 6.00. The number of nitrogens with zero attached hydrogens (tertiary/aromatic N) is 2. The van der Waals surface area contributed by atoms with Crippen LogP contribution in [0.1, 0.15) is 10.5 Å². The zero-order valence-corrected chi connectivity index (χ0v) is 14.9. The van der Waals surface area contributed by atoms with Crippen molar-refractivity contribution in [3.8, 4) is 5.75 Å². The van der Waals surface area contributed by atoms with Gasteiger partial charge in [0, 0.05) is 28.1 Å². The van der Waals surface area contributed by atoms with Gasteiger partial charge >= 0.3 is 0 Å². The van der Waals surface area contributed by atoms with Crippen molar-refractivity contribution in [2.75, 3.05) is 17.7 Å². The molecule has 0 bridgehead atoms. The number of hydrogen-bond donors (Lipinski definition) is 2. The van der Waals surface area contributed by atoms with Crippen LogP contribution in [0.3, 0.4) is 0 Å². The quantitative estimate of drug-likeness (QED) is 0.671. The van der Waals surface area contributed by atoms with Crippen molar-refractivity contribution in [2.45, 2.75) is 0 Å². The van der Waals surface area contributed by atoms with Gasteiger partial charge in [-0.2, -0.15) is 0 Å². The Morgan fingerprint density at radius 2 is 1.88 bits per heavy atom. The van der Waals surface area contributed by atoms with Crippen LogP contribution in [-0.2, 0) is 0 Å². The van der Waals surface area contributed by atoms with E-state index in [9.17, 15) is 4.79 Å². The van der Waals surface area contributed by atoms with E-state index in [1.54, 1.807) is 37.4 Å². The minimum atomic E-state index is -0.325. The molecule has 0 unspecified atom stereocenters. The summed E-state index contributed by atoms with van der Waals surface area (Å²) in [7, 11) is 1.57. The smallest absolute Gasteiger partial charge is 0.274 e. The molecule has 0 aliphatic heterocycles. The van der Waals surface area contributed by atoms with E-state index in [1.165, 1.54) is 6.20 Å². The first-order chi connectivity index (χ1) is 12.1. The Hall–Kier alpha value is -2.93. The zero-order chi connectivity index (χ0) is 17.6. The number of benzene rings is 2. The Bertz CT molecular complexity index is 884. The topological polar surface area (TPSA) is 76.1 Å². The fourth-order valence-corrected chi connectivity index (χ4v) is 2.37. The molecule has 2 aromatic carbocycles. The van der Waals surface area contributed by atoms with Crippen LogP contribution in [0, 0.1) is 0 Å². The molecular formula is C18H15BrN4O2. The van der Waals surface area contributed by atoms with E-state index in [4.69, 9.17) is 4.74 Å². The van der Waals surface area contributed by atoms with Gasteiger partial charge in [-0.15, -0.1) is 0 Å². The lowest BCUT2D eigenvalue weighted by atomic mass is 10.3. The molecule has 126 valence electrons. The molecule has 0 atom stereocenters. The number of carbonyl (C=O) groups is 1. The maximum absolute atomic E-state index is 12.4. The van der Waals surface area contributed by atoms with Gasteiger partial charge in [-0.3, -0.25) is 4.79 Å². The first kappa shape index (κ1) is 16.9. The molecule has 6 nitrogen and oxygen atoms in total. The Labute approximate surface area is 153 Å².